The molecule has 0 aromatic carbocycles. The second-order valence-corrected chi connectivity index (χ2v) is 6.69. The predicted molar refractivity (Wildman–Crippen MR) is 71.1 cm³/mol. The summed E-state index contributed by atoms with van der Waals surface area (Å²) in [5.41, 5.74) is 0.0706. The van der Waals surface area contributed by atoms with Crippen LogP contribution in [0.15, 0.2) is 12.2 Å². The van der Waals surface area contributed by atoms with E-state index in [9.17, 15) is 4.79 Å². The van der Waals surface area contributed by atoms with Crippen molar-refractivity contribution in [1.82, 2.24) is 10.2 Å². The summed E-state index contributed by atoms with van der Waals surface area (Å²) in [4.78, 5) is 13.9. The quantitative estimate of drug-likeness (QED) is 0.813. The van der Waals surface area contributed by atoms with E-state index in [1.807, 2.05) is 11.0 Å². The van der Waals surface area contributed by atoms with Crippen molar-refractivity contribution in [2.45, 2.75) is 63.9 Å². The SMILES string of the molecule is COC1C=CC(=O)N1C1CC(C)(C)NC(C)(C)C1. The number of carbonyl (C=O) groups is 1. The molecule has 0 saturated carbocycles. The average molecular weight is 252 g/mol. The summed E-state index contributed by atoms with van der Waals surface area (Å²) in [6, 6.07) is 0.226. The molecule has 4 heteroatoms. The number of piperidine rings is 1. The van der Waals surface area contributed by atoms with Crippen LogP contribution in [0, 0.1) is 0 Å². The van der Waals surface area contributed by atoms with Crippen LogP contribution in [0.4, 0.5) is 0 Å². The van der Waals surface area contributed by atoms with Crippen LogP contribution in [-0.4, -0.2) is 41.3 Å². The number of amides is 1. The van der Waals surface area contributed by atoms with Crippen molar-refractivity contribution in [3.8, 4) is 0 Å². The molecule has 2 heterocycles. The molecule has 2 aliphatic heterocycles. The first-order valence-electron chi connectivity index (χ1n) is 6.57. The lowest BCUT2D eigenvalue weighted by molar-refractivity contribution is -0.139. The molecule has 2 aliphatic rings. The molecule has 1 unspecified atom stereocenters. The zero-order valence-corrected chi connectivity index (χ0v) is 12.0. The van der Waals surface area contributed by atoms with Gasteiger partial charge in [0.05, 0.1) is 0 Å². The molecule has 0 aliphatic carbocycles. The molecule has 1 amide bonds. The normalized spacial score (nSPS) is 31.1. The summed E-state index contributed by atoms with van der Waals surface area (Å²) >= 11 is 0. The van der Waals surface area contributed by atoms with Crippen LogP contribution >= 0.6 is 0 Å². The van der Waals surface area contributed by atoms with Crippen molar-refractivity contribution in [2.75, 3.05) is 7.11 Å². The molecule has 1 atom stereocenters. The zero-order chi connectivity index (χ0) is 13.6. The van der Waals surface area contributed by atoms with Crippen LogP contribution < -0.4 is 5.32 Å². The summed E-state index contributed by atoms with van der Waals surface area (Å²) in [6.45, 7) is 8.76. The largest absolute Gasteiger partial charge is 0.358 e. The van der Waals surface area contributed by atoms with Crippen molar-refractivity contribution < 1.29 is 9.53 Å². The molecule has 0 aromatic rings. The van der Waals surface area contributed by atoms with Gasteiger partial charge in [-0.15, -0.1) is 0 Å². The summed E-state index contributed by atoms with van der Waals surface area (Å²) in [7, 11) is 1.65. The van der Waals surface area contributed by atoms with E-state index in [-0.39, 0.29) is 29.3 Å². The summed E-state index contributed by atoms with van der Waals surface area (Å²) in [5.74, 6) is 0.0698. The minimum Gasteiger partial charge on any atom is -0.358 e. The molecule has 0 aromatic heterocycles. The lowest BCUT2D eigenvalue weighted by Crippen LogP contribution is -2.63. The first-order chi connectivity index (χ1) is 8.24. The van der Waals surface area contributed by atoms with E-state index >= 15 is 0 Å². The third kappa shape index (κ3) is 2.59. The Morgan fingerprint density at radius 3 is 2.33 bits per heavy atom. The van der Waals surface area contributed by atoms with Gasteiger partial charge in [0.2, 0.25) is 5.91 Å². The van der Waals surface area contributed by atoms with E-state index in [0.717, 1.165) is 12.8 Å². The van der Waals surface area contributed by atoms with Gasteiger partial charge in [-0.3, -0.25) is 4.79 Å². The van der Waals surface area contributed by atoms with E-state index in [1.165, 1.54) is 0 Å². The van der Waals surface area contributed by atoms with E-state index in [1.54, 1.807) is 13.2 Å². The number of methoxy groups -OCH3 is 1. The molecule has 18 heavy (non-hydrogen) atoms. The van der Waals surface area contributed by atoms with Gasteiger partial charge in [0.25, 0.3) is 0 Å². The molecule has 1 N–H and O–H groups in total. The lowest BCUT2D eigenvalue weighted by Gasteiger charge is -2.49. The molecule has 1 saturated heterocycles. The zero-order valence-electron chi connectivity index (χ0n) is 12.0. The molecule has 1 fully saturated rings. The Labute approximate surface area is 109 Å². The van der Waals surface area contributed by atoms with E-state index in [0.29, 0.717) is 0 Å². The van der Waals surface area contributed by atoms with Gasteiger partial charge in [-0.1, -0.05) is 0 Å². The number of hydrogen-bond donors (Lipinski definition) is 1. The maximum absolute atomic E-state index is 12.0. The smallest absolute Gasteiger partial charge is 0.248 e. The molecule has 2 rings (SSSR count). The number of nitrogens with zero attached hydrogens (tertiary/aromatic N) is 1. The highest BCUT2D eigenvalue weighted by molar-refractivity contribution is 5.90. The topological polar surface area (TPSA) is 41.6 Å². The fourth-order valence-corrected chi connectivity index (χ4v) is 3.51. The van der Waals surface area contributed by atoms with Crippen LogP contribution in [0.1, 0.15) is 40.5 Å². The van der Waals surface area contributed by atoms with Gasteiger partial charge >= 0.3 is 0 Å². The predicted octanol–water partition coefficient (Wildman–Crippen LogP) is 1.67. The van der Waals surface area contributed by atoms with Crippen molar-refractivity contribution in [3.05, 3.63) is 12.2 Å². The van der Waals surface area contributed by atoms with Gasteiger partial charge in [0, 0.05) is 30.3 Å². The third-order valence-corrected chi connectivity index (χ3v) is 3.74. The Bertz CT molecular complexity index is 358. The molecule has 4 nitrogen and oxygen atoms in total. The number of ether oxygens (including phenoxy) is 1. The average Bonchev–Trinajstić information content (AvgIpc) is 2.54. The Balaban J connectivity index is 2.20. The van der Waals surface area contributed by atoms with Crippen LogP contribution in [0.25, 0.3) is 0 Å². The van der Waals surface area contributed by atoms with Crippen LogP contribution in [-0.2, 0) is 9.53 Å². The molecule has 102 valence electrons. The number of rotatable bonds is 2. The third-order valence-electron chi connectivity index (χ3n) is 3.74. The number of nitrogens with one attached hydrogen (secondary N) is 1. The van der Waals surface area contributed by atoms with Gasteiger partial charge in [-0.25, -0.2) is 0 Å². The number of carbonyl (C=O) groups excluding carboxylic acids is 1. The first kappa shape index (κ1) is 13.6. The van der Waals surface area contributed by atoms with E-state index in [2.05, 4.69) is 33.0 Å². The Morgan fingerprint density at radius 2 is 1.83 bits per heavy atom. The molecule has 0 radical (unpaired) electrons. The summed E-state index contributed by atoms with van der Waals surface area (Å²) in [6.07, 6.45) is 5.15. The van der Waals surface area contributed by atoms with Gasteiger partial charge in [-0.2, -0.15) is 0 Å². The van der Waals surface area contributed by atoms with Crippen LogP contribution in [0.3, 0.4) is 0 Å². The van der Waals surface area contributed by atoms with Crippen molar-refractivity contribution in [3.63, 3.8) is 0 Å². The van der Waals surface area contributed by atoms with Crippen LogP contribution in [0.2, 0.25) is 0 Å². The second-order valence-electron chi connectivity index (χ2n) is 6.69. The molecule has 0 spiro atoms. The van der Waals surface area contributed by atoms with Crippen molar-refractivity contribution in [2.24, 2.45) is 0 Å². The van der Waals surface area contributed by atoms with Crippen LogP contribution in [0.5, 0.6) is 0 Å². The Morgan fingerprint density at radius 1 is 1.28 bits per heavy atom. The molecular weight excluding hydrogens is 228 g/mol. The molecule has 0 bridgehead atoms. The van der Waals surface area contributed by atoms with Crippen molar-refractivity contribution in [1.29, 1.82) is 0 Å². The summed E-state index contributed by atoms with van der Waals surface area (Å²) in [5, 5.41) is 3.63. The monoisotopic (exact) mass is 252 g/mol. The lowest BCUT2D eigenvalue weighted by atomic mass is 9.79. The van der Waals surface area contributed by atoms with Gasteiger partial charge in [0.15, 0.2) is 6.23 Å². The fourth-order valence-electron chi connectivity index (χ4n) is 3.51. The Kier molecular flexibility index (Phi) is 3.28. The maximum atomic E-state index is 12.0. The second kappa shape index (κ2) is 4.35. The first-order valence-corrected chi connectivity index (χ1v) is 6.57. The maximum Gasteiger partial charge on any atom is 0.248 e. The van der Waals surface area contributed by atoms with Gasteiger partial charge in [-0.05, 0) is 46.6 Å². The van der Waals surface area contributed by atoms with E-state index < -0.39 is 0 Å². The Hall–Kier alpha value is -0.870. The molecular formula is C14H24N2O2. The highest BCUT2D eigenvalue weighted by Gasteiger charge is 2.43. The minimum atomic E-state index is -0.202. The highest BCUT2D eigenvalue weighted by atomic mass is 16.5. The van der Waals surface area contributed by atoms with E-state index in [4.69, 9.17) is 4.74 Å². The van der Waals surface area contributed by atoms with Crippen molar-refractivity contribution >= 4 is 5.91 Å². The van der Waals surface area contributed by atoms with Gasteiger partial charge < -0.3 is 15.0 Å². The fraction of sp³-hybridized carbons (Fsp3) is 0.786. The minimum absolute atomic E-state index is 0.0353. The highest BCUT2D eigenvalue weighted by Crippen LogP contribution is 2.33. The van der Waals surface area contributed by atoms with Gasteiger partial charge in [0.1, 0.15) is 0 Å². The standard InChI is InChI=1S/C14H24N2O2/c1-13(2)8-10(9-14(3,4)15-13)16-11(17)6-7-12(16)18-5/h6-7,10,12,15H,8-9H2,1-5H3. The number of hydrogen-bond acceptors (Lipinski definition) is 3. The summed E-state index contributed by atoms with van der Waals surface area (Å²) < 4.78 is 5.38.